The van der Waals surface area contributed by atoms with Gasteiger partial charge in [0.1, 0.15) is 0 Å². The highest BCUT2D eigenvalue weighted by Gasteiger charge is 2.15. The number of hydrogen-bond acceptors (Lipinski definition) is 2. The summed E-state index contributed by atoms with van der Waals surface area (Å²) in [5.74, 6) is -0.00750. The lowest BCUT2D eigenvalue weighted by Crippen LogP contribution is -1.96. The average Bonchev–Trinajstić information content (AvgIpc) is 2.49. The minimum Gasteiger partial charge on any atom is -0.504 e. The number of phenols is 2. The summed E-state index contributed by atoms with van der Waals surface area (Å²) in [6.07, 6.45) is 2.56. The zero-order valence-corrected chi connectivity index (χ0v) is 12.4. The van der Waals surface area contributed by atoms with E-state index in [1.165, 1.54) is 5.56 Å². The van der Waals surface area contributed by atoms with E-state index in [4.69, 9.17) is 0 Å². The molecule has 2 rings (SSSR count). The Morgan fingerprint density at radius 2 is 1.40 bits per heavy atom. The summed E-state index contributed by atoms with van der Waals surface area (Å²) in [5.41, 5.74) is 5.37. The predicted molar refractivity (Wildman–Crippen MR) is 83.3 cm³/mol. The van der Waals surface area contributed by atoms with Crippen molar-refractivity contribution in [3.63, 3.8) is 0 Å². The molecule has 2 N–H and O–H groups in total. The Hall–Kier alpha value is -1.96. The lowest BCUT2D eigenvalue weighted by Gasteiger charge is -2.16. The Morgan fingerprint density at radius 1 is 0.800 bits per heavy atom. The van der Waals surface area contributed by atoms with Crippen molar-refractivity contribution < 1.29 is 10.2 Å². The summed E-state index contributed by atoms with van der Waals surface area (Å²) in [6.45, 7) is 6.21. The van der Waals surface area contributed by atoms with Gasteiger partial charge in [-0.1, -0.05) is 45.0 Å². The highest BCUT2D eigenvalue weighted by Crippen LogP contribution is 2.39. The number of phenolic OH excluding ortho intramolecular Hbond substituents is 2. The zero-order valence-electron chi connectivity index (χ0n) is 12.4. The van der Waals surface area contributed by atoms with Crippen LogP contribution in [0.5, 0.6) is 11.5 Å². The highest BCUT2D eigenvalue weighted by atomic mass is 16.3. The van der Waals surface area contributed by atoms with Crippen molar-refractivity contribution in [1.29, 1.82) is 0 Å². The standard InChI is InChI=1S/C18H22O2/c1-4-12-7-9-13(10-8-12)16-11-17(19)18(20)15(6-3)14(16)5-2/h7-11,19-20H,4-6H2,1-3H3. The van der Waals surface area contributed by atoms with Crippen LogP contribution in [0.4, 0.5) is 0 Å². The molecule has 0 aliphatic carbocycles. The van der Waals surface area contributed by atoms with Gasteiger partial charge in [-0.15, -0.1) is 0 Å². The van der Waals surface area contributed by atoms with E-state index < -0.39 is 0 Å². The molecule has 0 unspecified atom stereocenters. The monoisotopic (exact) mass is 270 g/mol. The van der Waals surface area contributed by atoms with Gasteiger partial charge in [0.15, 0.2) is 11.5 Å². The highest BCUT2D eigenvalue weighted by molar-refractivity contribution is 5.73. The molecule has 0 spiro atoms. The number of aromatic hydroxyl groups is 2. The van der Waals surface area contributed by atoms with Crippen molar-refractivity contribution in [2.24, 2.45) is 0 Å². The van der Waals surface area contributed by atoms with Gasteiger partial charge in [-0.05, 0) is 47.6 Å². The first-order valence-electron chi connectivity index (χ1n) is 7.28. The topological polar surface area (TPSA) is 40.5 Å². The van der Waals surface area contributed by atoms with Gasteiger partial charge in [-0.25, -0.2) is 0 Å². The van der Waals surface area contributed by atoms with Crippen LogP contribution in [0.2, 0.25) is 0 Å². The van der Waals surface area contributed by atoms with Gasteiger partial charge in [0.25, 0.3) is 0 Å². The van der Waals surface area contributed by atoms with Crippen LogP contribution in [0.25, 0.3) is 11.1 Å². The maximum atomic E-state index is 10.0. The fourth-order valence-corrected chi connectivity index (χ4v) is 2.71. The van der Waals surface area contributed by atoms with Crippen molar-refractivity contribution in [1.82, 2.24) is 0 Å². The molecule has 0 saturated carbocycles. The molecule has 0 aliphatic rings. The molecule has 2 heteroatoms. The fraction of sp³-hybridized carbons (Fsp3) is 0.333. The lowest BCUT2D eigenvalue weighted by atomic mass is 9.91. The quantitative estimate of drug-likeness (QED) is 0.806. The molecule has 0 amide bonds. The van der Waals surface area contributed by atoms with Crippen LogP contribution in [-0.2, 0) is 19.3 Å². The number of hydrogen-bond donors (Lipinski definition) is 2. The first kappa shape index (κ1) is 14.4. The second-order valence-electron chi connectivity index (χ2n) is 5.01. The first-order chi connectivity index (χ1) is 9.62. The van der Waals surface area contributed by atoms with Crippen LogP contribution in [0.3, 0.4) is 0 Å². The smallest absolute Gasteiger partial charge is 0.160 e. The second kappa shape index (κ2) is 6.00. The van der Waals surface area contributed by atoms with Crippen molar-refractivity contribution in [3.8, 4) is 22.6 Å². The first-order valence-corrected chi connectivity index (χ1v) is 7.28. The van der Waals surface area contributed by atoms with Gasteiger partial charge in [0, 0.05) is 5.56 Å². The van der Waals surface area contributed by atoms with Gasteiger partial charge in [0.2, 0.25) is 0 Å². The van der Waals surface area contributed by atoms with Crippen LogP contribution >= 0.6 is 0 Å². The third-order valence-electron chi connectivity index (χ3n) is 3.88. The van der Waals surface area contributed by atoms with Gasteiger partial charge >= 0.3 is 0 Å². The molecule has 0 bridgehead atoms. The van der Waals surface area contributed by atoms with Crippen LogP contribution in [0.15, 0.2) is 30.3 Å². The molecule has 0 atom stereocenters. The second-order valence-corrected chi connectivity index (χ2v) is 5.01. The summed E-state index contributed by atoms with van der Waals surface area (Å²) >= 11 is 0. The van der Waals surface area contributed by atoms with E-state index in [-0.39, 0.29) is 11.5 Å². The molecule has 0 heterocycles. The lowest BCUT2D eigenvalue weighted by molar-refractivity contribution is 0.399. The maximum absolute atomic E-state index is 10.0. The SMILES string of the molecule is CCc1ccc(-c2cc(O)c(O)c(CC)c2CC)cc1. The van der Waals surface area contributed by atoms with E-state index in [9.17, 15) is 10.2 Å². The molecular formula is C18H22O2. The molecule has 2 nitrogen and oxygen atoms in total. The third kappa shape index (κ3) is 2.51. The summed E-state index contributed by atoms with van der Waals surface area (Å²) < 4.78 is 0. The Balaban J connectivity index is 2.62. The van der Waals surface area contributed by atoms with E-state index in [1.807, 2.05) is 6.92 Å². The van der Waals surface area contributed by atoms with Crippen LogP contribution < -0.4 is 0 Å². The van der Waals surface area contributed by atoms with Crippen LogP contribution in [0, 0.1) is 0 Å². The number of aryl methyl sites for hydroxylation is 1. The molecule has 20 heavy (non-hydrogen) atoms. The molecular weight excluding hydrogens is 248 g/mol. The molecule has 0 fully saturated rings. The summed E-state index contributed by atoms with van der Waals surface area (Å²) in [5, 5.41) is 20.0. The summed E-state index contributed by atoms with van der Waals surface area (Å²) in [4.78, 5) is 0. The van der Waals surface area contributed by atoms with Gasteiger partial charge in [-0.3, -0.25) is 0 Å². The Morgan fingerprint density at radius 3 is 1.90 bits per heavy atom. The van der Waals surface area contributed by atoms with E-state index in [2.05, 4.69) is 38.1 Å². The van der Waals surface area contributed by atoms with Gasteiger partial charge in [-0.2, -0.15) is 0 Å². The molecule has 2 aromatic rings. The molecule has 2 aromatic carbocycles. The molecule has 0 radical (unpaired) electrons. The van der Waals surface area contributed by atoms with Crippen molar-refractivity contribution >= 4 is 0 Å². The Kier molecular flexibility index (Phi) is 4.33. The predicted octanol–water partition coefficient (Wildman–Crippen LogP) is 4.45. The van der Waals surface area contributed by atoms with Gasteiger partial charge < -0.3 is 10.2 Å². The normalized spacial score (nSPS) is 10.8. The van der Waals surface area contributed by atoms with E-state index in [0.29, 0.717) is 6.42 Å². The minimum absolute atomic E-state index is 0.0262. The van der Waals surface area contributed by atoms with E-state index in [1.54, 1.807) is 6.07 Å². The van der Waals surface area contributed by atoms with Crippen LogP contribution in [0.1, 0.15) is 37.5 Å². The summed E-state index contributed by atoms with van der Waals surface area (Å²) in [6, 6.07) is 10.1. The van der Waals surface area contributed by atoms with Crippen molar-refractivity contribution in [3.05, 3.63) is 47.0 Å². The Bertz CT molecular complexity index is 598. The Labute approximate surface area is 120 Å². The number of rotatable bonds is 4. The third-order valence-corrected chi connectivity index (χ3v) is 3.88. The average molecular weight is 270 g/mol. The fourth-order valence-electron chi connectivity index (χ4n) is 2.71. The molecule has 0 saturated heterocycles. The minimum atomic E-state index is -0.0337. The molecule has 106 valence electrons. The molecule has 0 aliphatic heterocycles. The van der Waals surface area contributed by atoms with Gasteiger partial charge in [0.05, 0.1) is 0 Å². The van der Waals surface area contributed by atoms with E-state index >= 15 is 0 Å². The van der Waals surface area contributed by atoms with Crippen molar-refractivity contribution in [2.75, 3.05) is 0 Å². The largest absolute Gasteiger partial charge is 0.504 e. The van der Waals surface area contributed by atoms with E-state index in [0.717, 1.165) is 35.1 Å². The van der Waals surface area contributed by atoms with Crippen molar-refractivity contribution in [2.45, 2.75) is 40.0 Å². The zero-order chi connectivity index (χ0) is 14.7. The summed E-state index contributed by atoms with van der Waals surface area (Å²) in [7, 11) is 0. The maximum Gasteiger partial charge on any atom is 0.160 e. The number of benzene rings is 2. The van der Waals surface area contributed by atoms with Crippen LogP contribution in [-0.4, -0.2) is 10.2 Å². The molecule has 0 aromatic heterocycles.